The fourth-order valence-corrected chi connectivity index (χ4v) is 0.984. The van der Waals surface area contributed by atoms with Crippen LogP contribution in [0.25, 0.3) is 0 Å². The Morgan fingerprint density at radius 1 is 1.30 bits per heavy atom. The van der Waals surface area contributed by atoms with E-state index in [1.54, 1.807) is 0 Å². The molecule has 0 aliphatic carbocycles. The minimum absolute atomic E-state index is 0.0825. The van der Waals surface area contributed by atoms with Crippen LogP contribution in [0.5, 0.6) is 0 Å². The van der Waals surface area contributed by atoms with E-state index < -0.39 is 0 Å². The first kappa shape index (κ1) is 7.32. The molecule has 0 aromatic carbocycles. The minimum Gasteiger partial charge on any atom is -0.466 e. The molecule has 2 nitrogen and oxygen atoms in total. The number of ether oxygens (including phenoxy) is 1. The van der Waals surface area contributed by atoms with Gasteiger partial charge in [-0.05, 0) is 19.3 Å². The summed E-state index contributed by atoms with van der Waals surface area (Å²) in [7, 11) is 0. The molecular weight excluding hydrogens is 128 g/mol. The second kappa shape index (κ2) is 3.40. The molecule has 0 bridgehead atoms. The van der Waals surface area contributed by atoms with Crippen LogP contribution in [0.3, 0.4) is 0 Å². The van der Waals surface area contributed by atoms with Gasteiger partial charge in [0.25, 0.3) is 0 Å². The van der Waals surface area contributed by atoms with Gasteiger partial charge in [-0.3, -0.25) is 4.79 Å². The van der Waals surface area contributed by atoms with Crippen molar-refractivity contribution in [1.82, 2.24) is 0 Å². The molecule has 2 heteroatoms. The van der Waals surface area contributed by atoms with Crippen molar-refractivity contribution in [2.24, 2.45) is 0 Å². The van der Waals surface area contributed by atoms with Gasteiger partial charge in [-0.1, -0.05) is 12.2 Å². The summed E-state index contributed by atoms with van der Waals surface area (Å²) in [5.74, 6) is -0.0825. The third kappa shape index (κ3) is 2.21. The van der Waals surface area contributed by atoms with E-state index in [-0.39, 0.29) is 5.97 Å². The summed E-state index contributed by atoms with van der Waals surface area (Å²) in [6.45, 7) is 4.41. The number of rotatable bonds is 0. The topological polar surface area (TPSA) is 26.3 Å². The van der Waals surface area contributed by atoms with Crippen LogP contribution in [0.2, 0.25) is 0 Å². The lowest BCUT2D eigenvalue weighted by Gasteiger charge is -2.10. The molecule has 0 aromatic heterocycles. The van der Waals surface area contributed by atoms with Crippen molar-refractivity contribution in [3.05, 3.63) is 12.2 Å². The van der Waals surface area contributed by atoms with Gasteiger partial charge in [-0.25, -0.2) is 0 Å². The smallest absolute Gasteiger partial charge is 0.306 e. The monoisotopic (exact) mass is 140 g/mol. The molecule has 10 heavy (non-hydrogen) atoms. The number of esters is 1. The summed E-state index contributed by atoms with van der Waals surface area (Å²) < 4.78 is 4.85. The largest absolute Gasteiger partial charge is 0.466 e. The van der Waals surface area contributed by atoms with Gasteiger partial charge in [0.15, 0.2) is 0 Å². The normalized spacial score (nSPS) is 21.2. The second-order valence-corrected chi connectivity index (χ2v) is 2.57. The molecule has 0 N–H and O–H groups in total. The molecule has 0 radical (unpaired) electrons. The predicted molar refractivity (Wildman–Crippen MR) is 38.6 cm³/mol. The maximum absolute atomic E-state index is 10.7. The zero-order valence-corrected chi connectivity index (χ0v) is 6.06. The van der Waals surface area contributed by atoms with E-state index >= 15 is 0 Å². The Labute approximate surface area is 60.9 Å². The van der Waals surface area contributed by atoms with E-state index in [0.29, 0.717) is 13.0 Å². The van der Waals surface area contributed by atoms with Crippen LogP contribution in [0, 0.1) is 0 Å². The van der Waals surface area contributed by atoms with E-state index in [1.807, 2.05) is 0 Å². The Hall–Kier alpha value is -0.790. The molecule has 1 rings (SSSR count). The van der Waals surface area contributed by atoms with Gasteiger partial charge in [0.05, 0.1) is 6.61 Å². The van der Waals surface area contributed by atoms with Crippen molar-refractivity contribution in [2.45, 2.75) is 25.7 Å². The first-order chi connectivity index (χ1) is 4.79. The Morgan fingerprint density at radius 3 is 2.90 bits per heavy atom. The third-order valence-corrected chi connectivity index (χ3v) is 1.62. The van der Waals surface area contributed by atoms with E-state index in [1.165, 1.54) is 5.57 Å². The number of hydrogen-bond donors (Lipinski definition) is 0. The van der Waals surface area contributed by atoms with Gasteiger partial charge >= 0.3 is 5.97 Å². The summed E-state index contributed by atoms with van der Waals surface area (Å²) in [6.07, 6.45) is 3.26. The highest BCUT2D eigenvalue weighted by atomic mass is 16.5. The van der Waals surface area contributed by atoms with Crippen LogP contribution in [-0.4, -0.2) is 12.6 Å². The zero-order chi connectivity index (χ0) is 7.40. The molecule has 0 unspecified atom stereocenters. The Kier molecular flexibility index (Phi) is 2.49. The summed E-state index contributed by atoms with van der Waals surface area (Å²) in [5, 5.41) is 0. The van der Waals surface area contributed by atoms with Gasteiger partial charge in [-0.15, -0.1) is 0 Å². The maximum Gasteiger partial charge on any atom is 0.306 e. The Bertz CT molecular complexity index is 131. The first-order valence-corrected chi connectivity index (χ1v) is 3.61. The SMILES string of the molecule is C=C1CCCOC(=O)CC1. The molecule has 0 atom stereocenters. The highest BCUT2D eigenvalue weighted by Crippen LogP contribution is 2.13. The van der Waals surface area contributed by atoms with Crippen LogP contribution in [0.4, 0.5) is 0 Å². The summed E-state index contributed by atoms with van der Waals surface area (Å²) in [6, 6.07) is 0. The number of allylic oxidation sites excluding steroid dienone is 1. The number of cyclic esters (lactones) is 1. The van der Waals surface area contributed by atoms with Crippen molar-refractivity contribution in [3.8, 4) is 0 Å². The second-order valence-electron chi connectivity index (χ2n) is 2.57. The molecule has 1 aliphatic rings. The van der Waals surface area contributed by atoms with Crippen molar-refractivity contribution in [1.29, 1.82) is 0 Å². The molecule has 1 heterocycles. The van der Waals surface area contributed by atoms with Crippen molar-refractivity contribution >= 4 is 5.97 Å². The standard InChI is InChI=1S/C8H12O2/c1-7-3-2-6-10-8(9)5-4-7/h1-6H2. The molecule has 1 aliphatic heterocycles. The highest BCUT2D eigenvalue weighted by molar-refractivity contribution is 5.69. The fourth-order valence-electron chi connectivity index (χ4n) is 0.984. The van der Waals surface area contributed by atoms with Gasteiger partial charge < -0.3 is 4.74 Å². The lowest BCUT2D eigenvalue weighted by atomic mass is 10.1. The zero-order valence-electron chi connectivity index (χ0n) is 6.06. The lowest BCUT2D eigenvalue weighted by Crippen LogP contribution is -2.09. The fraction of sp³-hybridized carbons (Fsp3) is 0.625. The van der Waals surface area contributed by atoms with Crippen molar-refractivity contribution in [3.63, 3.8) is 0 Å². The van der Waals surface area contributed by atoms with Gasteiger partial charge in [0, 0.05) is 6.42 Å². The molecule has 0 spiro atoms. The van der Waals surface area contributed by atoms with Gasteiger partial charge in [-0.2, -0.15) is 0 Å². The van der Waals surface area contributed by atoms with Gasteiger partial charge in [0.2, 0.25) is 0 Å². The van der Waals surface area contributed by atoms with Crippen molar-refractivity contribution < 1.29 is 9.53 Å². The predicted octanol–water partition coefficient (Wildman–Crippen LogP) is 1.66. The Morgan fingerprint density at radius 2 is 2.10 bits per heavy atom. The van der Waals surface area contributed by atoms with Crippen molar-refractivity contribution in [2.75, 3.05) is 6.61 Å². The van der Waals surface area contributed by atoms with E-state index in [4.69, 9.17) is 4.74 Å². The van der Waals surface area contributed by atoms with Crippen LogP contribution < -0.4 is 0 Å². The summed E-state index contributed by atoms with van der Waals surface area (Å²) >= 11 is 0. The van der Waals surface area contributed by atoms with E-state index in [2.05, 4.69) is 6.58 Å². The minimum atomic E-state index is -0.0825. The van der Waals surface area contributed by atoms with Crippen LogP contribution >= 0.6 is 0 Å². The van der Waals surface area contributed by atoms with E-state index in [0.717, 1.165) is 19.3 Å². The molecule has 0 aromatic rings. The molecule has 1 fully saturated rings. The average molecular weight is 140 g/mol. The quantitative estimate of drug-likeness (QED) is 0.378. The van der Waals surface area contributed by atoms with Crippen LogP contribution in [0.15, 0.2) is 12.2 Å². The van der Waals surface area contributed by atoms with E-state index in [9.17, 15) is 4.79 Å². The molecule has 56 valence electrons. The third-order valence-electron chi connectivity index (χ3n) is 1.62. The summed E-state index contributed by atoms with van der Waals surface area (Å²) in [4.78, 5) is 10.7. The Balaban J connectivity index is 2.36. The first-order valence-electron chi connectivity index (χ1n) is 3.61. The number of hydrogen-bond acceptors (Lipinski definition) is 2. The highest BCUT2D eigenvalue weighted by Gasteiger charge is 2.07. The molecule has 0 saturated carbocycles. The average Bonchev–Trinajstić information content (AvgIpc) is 1.90. The number of carbonyl (C=O) groups excluding carboxylic acids is 1. The molecule has 0 amide bonds. The number of carbonyl (C=O) groups is 1. The maximum atomic E-state index is 10.7. The van der Waals surface area contributed by atoms with Crippen LogP contribution in [-0.2, 0) is 9.53 Å². The van der Waals surface area contributed by atoms with Crippen LogP contribution in [0.1, 0.15) is 25.7 Å². The molecular formula is C8H12O2. The summed E-state index contributed by atoms with van der Waals surface area (Å²) in [5.41, 5.74) is 1.18. The lowest BCUT2D eigenvalue weighted by molar-refractivity contribution is -0.144. The molecule has 1 saturated heterocycles. The van der Waals surface area contributed by atoms with Gasteiger partial charge in [0.1, 0.15) is 0 Å².